The summed E-state index contributed by atoms with van der Waals surface area (Å²) in [6.07, 6.45) is 8.78. The van der Waals surface area contributed by atoms with Gasteiger partial charge in [-0.2, -0.15) is 0 Å². The highest BCUT2D eigenvalue weighted by Crippen LogP contribution is 2.36. The molecule has 154 valence electrons. The van der Waals surface area contributed by atoms with Crippen LogP contribution in [0.25, 0.3) is 0 Å². The quantitative estimate of drug-likeness (QED) is 0.712. The molecule has 2 amide bonds. The lowest BCUT2D eigenvalue weighted by molar-refractivity contribution is -0.0128. The van der Waals surface area contributed by atoms with E-state index < -0.39 is 0 Å². The van der Waals surface area contributed by atoms with Gasteiger partial charge >= 0.3 is 6.03 Å². The average Bonchev–Trinajstić information content (AvgIpc) is 2.74. The van der Waals surface area contributed by atoms with Crippen molar-refractivity contribution in [2.75, 3.05) is 50.8 Å². The molecule has 0 spiro atoms. The Hall–Kier alpha value is -1.24. The van der Waals surface area contributed by atoms with Crippen LogP contribution in [0.3, 0.4) is 0 Å². The molecule has 2 N–H and O–H groups in total. The minimum atomic E-state index is -0.0919. The van der Waals surface area contributed by atoms with E-state index in [0.29, 0.717) is 6.04 Å². The summed E-state index contributed by atoms with van der Waals surface area (Å²) >= 11 is 1.68. The van der Waals surface area contributed by atoms with Crippen LogP contribution in [0.2, 0.25) is 0 Å². The number of hydrogen-bond donors (Lipinski definition) is 2. The van der Waals surface area contributed by atoms with E-state index in [1.54, 1.807) is 11.8 Å². The fourth-order valence-electron chi connectivity index (χ4n) is 5.23. The van der Waals surface area contributed by atoms with E-state index in [4.69, 9.17) is 0 Å². The monoisotopic (exact) mass is 402 g/mol. The number of amides is 2. The minimum Gasteiger partial charge on any atom is -0.336 e. The second-order valence-corrected chi connectivity index (χ2v) is 9.50. The van der Waals surface area contributed by atoms with Crippen molar-refractivity contribution in [2.24, 2.45) is 11.8 Å². The molecule has 28 heavy (non-hydrogen) atoms. The number of likely N-dealkylation sites (tertiary alicyclic amines) is 1. The first-order valence-electron chi connectivity index (χ1n) is 10.9. The number of nitrogens with zero attached hydrogens (tertiary/aromatic N) is 2. The molecule has 1 aromatic rings. The molecular weight excluding hydrogens is 368 g/mol. The topological polar surface area (TPSA) is 47.6 Å². The largest absolute Gasteiger partial charge is 0.336 e. The summed E-state index contributed by atoms with van der Waals surface area (Å²) in [5.41, 5.74) is 0.858. The van der Waals surface area contributed by atoms with Gasteiger partial charge in [0.05, 0.1) is 0 Å². The van der Waals surface area contributed by atoms with E-state index in [-0.39, 0.29) is 6.03 Å². The highest BCUT2D eigenvalue weighted by atomic mass is 32.2. The number of nitrogens with one attached hydrogen (secondary N) is 2. The average molecular weight is 403 g/mol. The predicted molar refractivity (Wildman–Crippen MR) is 117 cm³/mol. The second-order valence-electron chi connectivity index (χ2n) is 8.62. The molecule has 0 saturated carbocycles. The fraction of sp³-hybridized carbons (Fsp3) is 0.682. The zero-order valence-corrected chi connectivity index (χ0v) is 17.8. The number of urea groups is 1. The molecule has 4 aliphatic rings. The first kappa shape index (κ1) is 20.0. The van der Waals surface area contributed by atoms with Crippen LogP contribution in [-0.4, -0.2) is 67.4 Å². The van der Waals surface area contributed by atoms with Crippen LogP contribution < -0.4 is 10.6 Å². The van der Waals surface area contributed by atoms with Crippen LogP contribution >= 0.6 is 11.8 Å². The molecule has 0 aliphatic carbocycles. The van der Waals surface area contributed by atoms with Gasteiger partial charge in [0.1, 0.15) is 0 Å². The number of rotatable bonds is 6. The van der Waals surface area contributed by atoms with E-state index in [1.165, 1.54) is 64.8 Å². The molecule has 1 unspecified atom stereocenters. The van der Waals surface area contributed by atoms with Crippen molar-refractivity contribution in [3.8, 4) is 0 Å². The molecule has 4 heterocycles. The van der Waals surface area contributed by atoms with Gasteiger partial charge in [-0.05, 0) is 81.6 Å². The lowest BCUT2D eigenvalue weighted by Crippen LogP contribution is -2.58. The molecular formula is C22H34N4OS. The summed E-state index contributed by atoms with van der Waals surface area (Å²) in [6, 6.07) is 8.40. The summed E-state index contributed by atoms with van der Waals surface area (Å²) in [5.74, 6) is 1.66. The zero-order valence-electron chi connectivity index (χ0n) is 17.0. The maximum absolute atomic E-state index is 12.3. The van der Waals surface area contributed by atoms with Gasteiger partial charge in [-0.1, -0.05) is 12.5 Å². The number of piperidine rings is 4. The van der Waals surface area contributed by atoms with E-state index in [1.807, 2.05) is 24.5 Å². The van der Waals surface area contributed by atoms with E-state index >= 15 is 0 Å². The van der Waals surface area contributed by atoms with Crippen LogP contribution in [0.15, 0.2) is 29.2 Å². The number of anilines is 1. The van der Waals surface area contributed by atoms with Gasteiger partial charge in [0.15, 0.2) is 0 Å². The maximum atomic E-state index is 12.3. The van der Waals surface area contributed by atoms with Crippen molar-refractivity contribution >= 4 is 23.5 Å². The van der Waals surface area contributed by atoms with Crippen LogP contribution in [0.5, 0.6) is 0 Å². The van der Waals surface area contributed by atoms with Gasteiger partial charge in [-0.3, -0.25) is 4.90 Å². The molecule has 5 nitrogen and oxygen atoms in total. The van der Waals surface area contributed by atoms with Crippen molar-refractivity contribution in [1.82, 2.24) is 15.1 Å². The van der Waals surface area contributed by atoms with Crippen LogP contribution in [0.4, 0.5) is 10.5 Å². The minimum absolute atomic E-state index is 0.0919. The number of hydrogen-bond acceptors (Lipinski definition) is 4. The SMILES string of the molecule is CSc1cccc(NC(=O)NC[C@@H]2C[C@H]3CCN2C[C@@H]3CN2CCCCC2)c1. The van der Waals surface area contributed by atoms with Gasteiger partial charge in [0, 0.05) is 36.3 Å². The summed E-state index contributed by atoms with van der Waals surface area (Å²) < 4.78 is 0. The molecule has 0 aromatic heterocycles. The number of thioether (sulfide) groups is 1. The van der Waals surface area contributed by atoms with Crippen molar-refractivity contribution < 1.29 is 4.79 Å². The van der Waals surface area contributed by atoms with Gasteiger partial charge in [0.2, 0.25) is 0 Å². The van der Waals surface area contributed by atoms with Crippen molar-refractivity contribution in [3.05, 3.63) is 24.3 Å². The van der Waals surface area contributed by atoms with E-state index in [9.17, 15) is 4.79 Å². The highest BCUT2D eigenvalue weighted by molar-refractivity contribution is 7.98. The first-order chi connectivity index (χ1) is 13.7. The van der Waals surface area contributed by atoms with Gasteiger partial charge in [-0.15, -0.1) is 11.8 Å². The van der Waals surface area contributed by atoms with E-state index in [0.717, 1.165) is 29.0 Å². The third kappa shape index (κ3) is 5.02. The first-order valence-corrected chi connectivity index (χ1v) is 12.1. The predicted octanol–water partition coefficient (Wildman–Crippen LogP) is 3.73. The van der Waals surface area contributed by atoms with Crippen molar-refractivity contribution in [2.45, 2.75) is 43.0 Å². The van der Waals surface area contributed by atoms with Crippen LogP contribution in [0.1, 0.15) is 32.1 Å². The fourth-order valence-corrected chi connectivity index (χ4v) is 5.69. The number of carbonyl (C=O) groups is 1. The third-order valence-electron chi connectivity index (χ3n) is 6.78. The Bertz CT molecular complexity index is 664. The standard InChI is InChI=1S/C22H34N4OS/c1-28-21-7-5-6-19(13-21)24-22(27)23-14-20-12-17-8-11-26(20)16-18(17)15-25-9-3-2-4-10-25/h5-7,13,17-18,20H,2-4,8-12,14-16H2,1H3,(H2,23,24,27)/t17-,18+,20+/m1/s1. The lowest BCUT2D eigenvalue weighted by Gasteiger charge is -2.51. The molecule has 4 atom stereocenters. The van der Waals surface area contributed by atoms with Crippen LogP contribution in [-0.2, 0) is 0 Å². The summed E-state index contributed by atoms with van der Waals surface area (Å²) in [4.78, 5) is 18.8. The van der Waals surface area contributed by atoms with E-state index in [2.05, 4.69) is 26.5 Å². The van der Waals surface area contributed by atoms with Gasteiger partial charge < -0.3 is 15.5 Å². The summed E-state index contributed by atoms with van der Waals surface area (Å²) in [7, 11) is 0. The Balaban J connectivity index is 1.23. The molecule has 1 aromatic carbocycles. The Morgan fingerprint density at radius 2 is 2.07 bits per heavy atom. The molecule has 2 bridgehead atoms. The molecule has 4 aliphatic heterocycles. The lowest BCUT2D eigenvalue weighted by atomic mass is 9.75. The van der Waals surface area contributed by atoms with Crippen LogP contribution in [0, 0.1) is 11.8 Å². The van der Waals surface area contributed by atoms with Gasteiger partial charge in [0.25, 0.3) is 0 Å². The summed E-state index contributed by atoms with van der Waals surface area (Å²) in [5, 5.41) is 6.09. The smallest absolute Gasteiger partial charge is 0.319 e. The maximum Gasteiger partial charge on any atom is 0.319 e. The molecule has 0 radical (unpaired) electrons. The highest BCUT2D eigenvalue weighted by Gasteiger charge is 2.40. The number of carbonyl (C=O) groups excluding carboxylic acids is 1. The second kappa shape index (κ2) is 9.51. The number of benzene rings is 1. The molecule has 6 heteroatoms. The third-order valence-corrected chi connectivity index (χ3v) is 7.51. The normalized spacial score (nSPS) is 30.2. The molecule has 4 saturated heterocycles. The zero-order chi connectivity index (χ0) is 19.3. The van der Waals surface area contributed by atoms with Gasteiger partial charge in [-0.25, -0.2) is 4.79 Å². The summed E-state index contributed by atoms with van der Waals surface area (Å²) in [6.45, 7) is 7.04. The Kier molecular flexibility index (Phi) is 6.81. The number of fused-ring (bicyclic) bond motifs is 3. The van der Waals surface area contributed by atoms with Crippen molar-refractivity contribution in [1.29, 1.82) is 0 Å². The Labute approximate surface area is 173 Å². The Morgan fingerprint density at radius 3 is 2.82 bits per heavy atom. The Morgan fingerprint density at radius 1 is 1.21 bits per heavy atom. The molecule has 4 fully saturated rings. The van der Waals surface area contributed by atoms with Crippen molar-refractivity contribution in [3.63, 3.8) is 0 Å². The molecule has 5 rings (SSSR count).